The van der Waals surface area contributed by atoms with E-state index in [-0.39, 0.29) is 31.3 Å². The van der Waals surface area contributed by atoms with Crippen molar-refractivity contribution in [2.24, 2.45) is 0 Å². The summed E-state index contributed by atoms with van der Waals surface area (Å²) >= 11 is 0. The lowest BCUT2D eigenvalue weighted by Crippen LogP contribution is -2.46. The second kappa shape index (κ2) is 48.6. The maximum absolute atomic E-state index is 13.2. The highest BCUT2D eigenvalue weighted by Crippen LogP contribution is 2.15. The Balaban J connectivity index is 4.85. The van der Waals surface area contributed by atoms with Gasteiger partial charge in [-0.3, -0.25) is 9.59 Å². The molecule has 0 aromatic heterocycles. The molecule has 1 amide bonds. The number of amides is 1. The highest BCUT2D eigenvalue weighted by Gasteiger charge is 2.23. The third-order valence-electron chi connectivity index (χ3n) is 10.6. The Bertz CT molecular complexity index is 1280. The first-order chi connectivity index (χ1) is 30.5. The molecule has 352 valence electrons. The number of aliphatic hydroxyl groups is 2. The predicted octanol–water partition coefficient (Wildman–Crippen LogP) is 15.1. The minimum atomic E-state index is -0.826. The number of carbonyl (C=O) groups is 2. The Morgan fingerprint density at radius 2 is 0.903 bits per heavy atom. The second-order valence-electron chi connectivity index (χ2n) is 16.5. The Hall–Kier alpha value is -3.48. The Morgan fingerprint density at radius 3 is 1.37 bits per heavy atom. The first-order valence-electron chi connectivity index (χ1n) is 25.1. The van der Waals surface area contributed by atoms with Crippen molar-refractivity contribution in [1.82, 2.24) is 5.32 Å². The quantitative estimate of drug-likeness (QED) is 0.0322. The lowest BCUT2D eigenvalue weighted by Gasteiger charge is -2.24. The molecule has 0 aliphatic carbocycles. The van der Waals surface area contributed by atoms with Crippen molar-refractivity contribution in [1.29, 1.82) is 0 Å². The van der Waals surface area contributed by atoms with Gasteiger partial charge in [0.1, 0.15) is 6.10 Å². The fourth-order valence-corrected chi connectivity index (χ4v) is 6.80. The highest BCUT2D eigenvalue weighted by molar-refractivity contribution is 5.77. The van der Waals surface area contributed by atoms with Crippen LogP contribution in [0.3, 0.4) is 0 Å². The smallest absolute Gasteiger partial charge is 0.306 e. The van der Waals surface area contributed by atoms with E-state index in [9.17, 15) is 19.8 Å². The molecule has 3 N–H and O–H groups in total. The molecule has 0 aliphatic rings. The van der Waals surface area contributed by atoms with Crippen LogP contribution in [0.15, 0.2) is 109 Å². The van der Waals surface area contributed by atoms with Crippen molar-refractivity contribution in [3.8, 4) is 0 Å². The summed E-state index contributed by atoms with van der Waals surface area (Å²) in [7, 11) is 0. The zero-order chi connectivity index (χ0) is 45.2. The molecular weight excluding hydrogens is 767 g/mol. The first-order valence-corrected chi connectivity index (χ1v) is 25.1. The summed E-state index contributed by atoms with van der Waals surface area (Å²) in [6.07, 6.45) is 65.9. The van der Waals surface area contributed by atoms with E-state index in [4.69, 9.17) is 4.74 Å². The SMILES string of the molecule is CC/C=C\C/C=C\C/C=C\C/C=C\C/C=C\CCCC(=O)OC(C/C=C\C/C=C\C/C=C\C/C=C\CCCCC)CC(=O)NC(CO)C(O)CCCCCCCCCCCCC. The topological polar surface area (TPSA) is 95.9 Å². The van der Waals surface area contributed by atoms with E-state index in [1.807, 2.05) is 12.2 Å². The molecule has 3 unspecified atom stereocenters. The minimum Gasteiger partial charge on any atom is -0.461 e. The van der Waals surface area contributed by atoms with E-state index < -0.39 is 18.2 Å². The summed E-state index contributed by atoms with van der Waals surface area (Å²) in [6.45, 7) is 6.28. The number of hydrogen-bond donors (Lipinski definition) is 3. The van der Waals surface area contributed by atoms with E-state index in [1.54, 1.807) is 0 Å². The molecule has 0 saturated carbocycles. The number of hydrogen-bond acceptors (Lipinski definition) is 5. The summed E-state index contributed by atoms with van der Waals surface area (Å²) in [4.78, 5) is 26.1. The summed E-state index contributed by atoms with van der Waals surface area (Å²) in [6, 6.07) is -0.748. The summed E-state index contributed by atoms with van der Waals surface area (Å²) < 4.78 is 5.83. The maximum atomic E-state index is 13.2. The highest BCUT2D eigenvalue weighted by atomic mass is 16.5. The number of esters is 1. The van der Waals surface area contributed by atoms with Gasteiger partial charge >= 0.3 is 5.97 Å². The van der Waals surface area contributed by atoms with Crippen LogP contribution in [0.2, 0.25) is 0 Å². The molecule has 0 aromatic carbocycles. The van der Waals surface area contributed by atoms with Gasteiger partial charge in [-0.15, -0.1) is 0 Å². The summed E-state index contributed by atoms with van der Waals surface area (Å²) in [5, 5.41) is 23.7. The largest absolute Gasteiger partial charge is 0.461 e. The number of aliphatic hydroxyl groups excluding tert-OH is 2. The Labute approximate surface area is 381 Å². The van der Waals surface area contributed by atoms with Crippen LogP contribution in [0.4, 0.5) is 0 Å². The number of allylic oxidation sites excluding steroid dienone is 17. The van der Waals surface area contributed by atoms with Crippen molar-refractivity contribution < 1.29 is 24.5 Å². The van der Waals surface area contributed by atoms with Gasteiger partial charge in [0.2, 0.25) is 5.91 Å². The van der Waals surface area contributed by atoms with Crippen LogP contribution < -0.4 is 5.32 Å². The van der Waals surface area contributed by atoms with Crippen LogP contribution in [0.25, 0.3) is 0 Å². The van der Waals surface area contributed by atoms with Gasteiger partial charge in [-0.1, -0.05) is 214 Å². The summed E-state index contributed by atoms with van der Waals surface area (Å²) in [5.74, 6) is -0.657. The third kappa shape index (κ3) is 43.2. The monoisotopic (exact) mass is 860 g/mol. The van der Waals surface area contributed by atoms with Gasteiger partial charge in [0, 0.05) is 12.8 Å². The predicted molar refractivity (Wildman–Crippen MR) is 268 cm³/mol. The molecule has 0 saturated heterocycles. The first kappa shape index (κ1) is 58.5. The normalized spacial score (nSPS) is 14.2. The number of unbranched alkanes of at least 4 members (excludes halogenated alkanes) is 14. The number of rotatable bonds is 43. The lowest BCUT2D eigenvalue weighted by atomic mass is 10.0. The average Bonchev–Trinajstić information content (AvgIpc) is 3.26. The van der Waals surface area contributed by atoms with E-state index in [1.165, 1.54) is 70.6 Å². The number of nitrogens with one attached hydrogen (secondary N) is 1. The van der Waals surface area contributed by atoms with Gasteiger partial charge < -0.3 is 20.3 Å². The lowest BCUT2D eigenvalue weighted by molar-refractivity contribution is -0.150. The number of carbonyl (C=O) groups excluding carboxylic acids is 2. The van der Waals surface area contributed by atoms with Gasteiger partial charge in [0.15, 0.2) is 0 Å². The standard InChI is InChI=1S/C56H93NO5/c1-4-7-10-13-16-19-22-24-26-27-29-31-34-37-40-43-46-49-56(61)62-52(47-44-41-38-35-33-30-28-25-23-20-17-14-11-8-5-2)50-55(60)57-53(51-58)54(59)48-45-42-39-36-32-21-18-15-12-9-6-3/h7,10,16-17,19-20,24-26,28-29,31,33,35,37,40-41,44,52-54,58-59H,4-6,8-9,11-15,18,21-23,27,30,32,34,36,38-39,42-43,45-51H2,1-3H3,(H,57,60)/b10-7-,19-16-,20-17-,26-24-,28-25-,31-29-,35-33-,40-37-,44-41-. The molecule has 0 fully saturated rings. The zero-order valence-corrected chi connectivity index (χ0v) is 40.0. The molecule has 62 heavy (non-hydrogen) atoms. The van der Waals surface area contributed by atoms with Crippen LogP contribution >= 0.6 is 0 Å². The molecule has 0 spiro atoms. The maximum Gasteiger partial charge on any atom is 0.306 e. The fraction of sp³-hybridized carbons (Fsp3) is 0.643. The molecule has 6 heteroatoms. The molecule has 0 rings (SSSR count). The zero-order valence-electron chi connectivity index (χ0n) is 40.0. The van der Waals surface area contributed by atoms with Gasteiger partial charge in [0.25, 0.3) is 0 Å². The van der Waals surface area contributed by atoms with Crippen LogP contribution in [-0.2, 0) is 14.3 Å². The molecule has 0 bridgehead atoms. The molecule has 0 heterocycles. The van der Waals surface area contributed by atoms with Gasteiger partial charge in [0.05, 0.1) is 25.2 Å². The van der Waals surface area contributed by atoms with Gasteiger partial charge in [-0.2, -0.15) is 0 Å². The molecule has 0 radical (unpaired) electrons. The molecule has 0 aromatic rings. The van der Waals surface area contributed by atoms with Gasteiger partial charge in [-0.05, 0) is 83.5 Å². The Kier molecular flexibility index (Phi) is 45.8. The third-order valence-corrected chi connectivity index (χ3v) is 10.6. The van der Waals surface area contributed by atoms with E-state index in [0.717, 1.165) is 83.5 Å². The average molecular weight is 860 g/mol. The fourth-order valence-electron chi connectivity index (χ4n) is 6.80. The van der Waals surface area contributed by atoms with Crippen molar-refractivity contribution in [3.63, 3.8) is 0 Å². The Morgan fingerprint density at radius 1 is 0.500 bits per heavy atom. The van der Waals surface area contributed by atoms with Gasteiger partial charge in [-0.25, -0.2) is 0 Å². The minimum absolute atomic E-state index is 0.0276. The van der Waals surface area contributed by atoms with Crippen LogP contribution in [0.5, 0.6) is 0 Å². The van der Waals surface area contributed by atoms with Crippen LogP contribution in [-0.4, -0.2) is 46.9 Å². The summed E-state index contributed by atoms with van der Waals surface area (Å²) in [5.41, 5.74) is 0. The van der Waals surface area contributed by atoms with Crippen molar-refractivity contribution >= 4 is 11.9 Å². The second-order valence-corrected chi connectivity index (χ2v) is 16.5. The van der Waals surface area contributed by atoms with E-state index >= 15 is 0 Å². The molecule has 3 atom stereocenters. The molecule has 0 aliphatic heterocycles. The van der Waals surface area contributed by atoms with Crippen molar-refractivity contribution in [3.05, 3.63) is 109 Å². The van der Waals surface area contributed by atoms with Crippen LogP contribution in [0, 0.1) is 0 Å². The van der Waals surface area contributed by atoms with E-state index in [0.29, 0.717) is 19.3 Å². The van der Waals surface area contributed by atoms with E-state index in [2.05, 4.69) is 123 Å². The molecular formula is C56H93NO5. The van der Waals surface area contributed by atoms with Crippen molar-refractivity contribution in [2.75, 3.05) is 6.61 Å². The van der Waals surface area contributed by atoms with Crippen molar-refractivity contribution in [2.45, 2.75) is 225 Å². The van der Waals surface area contributed by atoms with Crippen LogP contribution in [0.1, 0.15) is 207 Å². The number of ether oxygens (including phenoxy) is 1. The molecule has 6 nitrogen and oxygen atoms in total.